The van der Waals surface area contributed by atoms with E-state index in [-0.39, 0.29) is 17.3 Å². The lowest BCUT2D eigenvalue weighted by Crippen LogP contribution is -2.39. The number of halogens is 1. The van der Waals surface area contributed by atoms with Gasteiger partial charge in [-0.25, -0.2) is 0 Å². The molecule has 1 aromatic carbocycles. The molecule has 2 unspecified atom stereocenters. The van der Waals surface area contributed by atoms with Gasteiger partial charge in [-0.05, 0) is 17.7 Å². The zero-order valence-electron chi connectivity index (χ0n) is 13.1. The van der Waals surface area contributed by atoms with E-state index in [0.717, 1.165) is 6.07 Å². The van der Waals surface area contributed by atoms with Crippen LogP contribution in [0.5, 0.6) is 5.75 Å². The van der Waals surface area contributed by atoms with Crippen LogP contribution < -0.4 is 10.2 Å². The second kappa shape index (κ2) is 6.70. The Morgan fingerprint density at radius 3 is 2.80 bits per heavy atom. The third kappa shape index (κ3) is 3.04. The number of esters is 1. The lowest BCUT2D eigenvalue weighted by Gasteiger charge is -2.30. The molecule has 2 atom stereocenters. The molecule has 0 saturated heterocycles. The maximum Gasteiger partial charge on any atom is 0.319 e. The Morgan fingerprint density at radius 2 is 2.16 bits per heavy atom. The predicted octanol–water partition coefficient (Wildman–Crippen LogP) is 2.08. The number of aliphatic hydroxyl groups is 1. The molecular weight excluding hydrogens is 350 g/mol. The number of ether oxygens (including phenoxy) is 2. The summed E-state index contributed by atoms with van der Waals surface area (Å²) in [6, 6.07) is 7.72. The Balaban J connectivity index is 2.28. The highest BCUT2D eigenvalue weighted by Crippen LogP contribution is 2.42. The minimum Gasteiger partial charge on any atom is -0.468 e. The molecule has 2 N–H and O–H groups in total. The van der Waals surface area contributed by atoms with Crippen LogP contribution in [-0.2, 0) is 16.1 Å². The number of hydrogen-bond acceptors (Lipinski definition) is 7. The van der Waals surface area contributed by atoms with E-state index >= 15 is 0 Å². The van der Waals surface area contributed by atoms with Gasteiger partial charge in [-0.3, -0.25) is 15.0 Å². The normalized spacial score (nSPS) is 19.1. The molecule has 0 saturated carbocycles. The van der Waals surface area contributed by atoms with E-state index in [9.17, 15) is 14.7 Å². The molecule has 25 heavy (non-hydrogen) atoms. The van der Waals surface area contributed by atoms with E-state index in [2.05, 4.69) is 0 Å². The first-order valence-electron chi connectivity index (χ1n) is 7.33. The molecule has 1 aromatic heterocycles. The fraction of sp³-hybridized carbons (Fsp3) is 0.235. The van der Waals surface area contributed by atoms with Crippen molar-refractivity contribution < 1.29 is 23.8 Å². The number of aliphatic hydroxyl groups excluding tert-OH is 1. The van der Waals surface area contributed by atoms with Gasteiger partial charge in [0.05, 0.1) is 13.0 Å². The van der Waals surface area contributed by atoms with Gasteiger partial charge in [-0.2, -0.15) is 0 Å². The summed E-state index contributed by atoms with van der Waals surface area (Å²) < 4.78 is 15.6. The number of rotatable bonds is 3. The van der Waals surface area contributed by atoms with Crippen LogP contribution in [0.3, 0.4) is 0 Å². The average molecular weight is 364 g/mol. The van der Waals surface area contributed by atoms with E-state index in [1.165, 1.54) is 7.11 Å². The van der Waals surface area contributed by atoms with E-state index < -0.39 is 35.7 Å². The number of hydrogen-bond donors (Lipinski definition) is 2. The Labute approximate surface area is 147 Å². The molecule has 0 amide bonds. The summed E-state index contributed by atoms with van der Waals surface area (Å²) in [6.45, 7) is -0.495. The third-order valence-corrected chi connectivity index (χ3v) is 4.14. The average Bonchev–Trinajstić information content (AvgIpc) is 2.60. The van der Waals surface area contributed by atoms with Crippen molar-refractivity contribution in [2.24, 2.45) is 5.92 Å². The number of benzene rings is 1. The summed E-state index contributed by atoms with van der Waals surface area (Å²) in [5.41, 5.74) is 0.000772. The fourth-order valence-corrected chi connectivity index (χ4v) is 3.02. The number of carbonyl (C=O) groups is 1. The molecule has 0 radical (unpaired) electrons. The summed E-state index contributed by atoms with van der Waals surface area (Å²) in [5, 5.41) is 17.8. The fourth-order valence-electron chi connectivity index (χ4n) is 2.82. The maximum absolute atomic E-state index is 12.2. The highest BCUT2D eigenvalue weighted by molar-refractivity contribution is 6.30. The van der Waals surface area contributed by atoms with Crippen molar-refractivity contribution in [2.75, 3.05) is 7.11 Å². The molecule has 3 rings (SSSR count). The van der Waals surface area contributed by atoms with Gasteiger partial charge < -0.3 is 19.0 Å². The second-order valence-corrected chi connectivity index (χ2v) is 5.86. The number of methoxy groups -OCH3 is 1. The first kappa shape index (κ1) is 17.2. The van der Waals surface area contributed by atoms with Crippen LogP contribution in [0.15, 0.2) is 39.5 Å². The number of nitrogens with one attached hydrogen (secondary N) is 1. The summed E-state index contributed by atoms with van der Waals surface area (Å²) in [6.07, 6.45) is 0. The summed E-state index contributed by atoms with van der Waals surface area (Å²) in [7, 11) is 1.19. The van der Waals surface area contributed by atoms with Crippen LogP contribution in [-0.4, -0.2) is 24.1 Å². The molecule has 8 heteroatoms. The second-order valence-electron chi connectivity index (χ2n) is 5.43. The van der Waals surface area contributed by atoms with Crippen LogP contribution in [0, 0.1) is 11.3 Å². The zero-order chi connectivity index (χ0) is 18.1. The van der Waals surface area contributed by atoms with Crippen molar-refractivity contribution >= 4 is 23.5 Å². The minimum atomic E-state index is -1.15. The van der Waals surface area contributed by atoms with E-state index in [1.54, 1.807) is 24.3 Å². The molecule has 2 heterocycles. The Kier molecular flexibility index (Phi) is 4.61. The number of fused-ring (bicyclic) bond motifs is 1. The van der Waals surface area contributed by atoms with Gasteiger partial charge in [-0.1, -0.05) is 23.7 Å². The van der Waals surface area contributed by atoms with E-state index in [0.29, 0.717) is 10.6 Å². The van der Waals surface area contributed by atoms with Crippen LogP contribution >= 0.6 is 11.6 Å². The van der Waals surface area contributed by atoms with Crippen molar-refractivity contribution in [2.45, 2.75) is 12.5 Å². The molecule has 0 bridgehead atoms. The quantitative estimate of drug-likeness (QED) is 0.808. The topological polar surface area (TPSA) is 110 Å². The van der Waals surface area contributed by atoms with Crippen molar-refractivity contribution in [3.63, 3.8) is 0 Å². The summed E-state index contributed by atoms with van der Waals surface area (Å²) in [4.78, 5) is 24.5. The molecule has 1 aliphatic rings. The van der Waals surface area contributed by atoms with Gasteiger partial charge in [0.25, 0.3) is 0 Å². The lowest BCUT2D eigenvalue weighted by molar-refractivity contribution is -0.144. The SMILES string of the molecule is COC(=O)C1C(=N)Oc2c(oc(CO)cc2=O)C1c1cccc(Cl)c1. The summed E-state index contributed by atoms with van der Waals surface area (Å²) >= 11 is 6.05. The van der Waals surface area contributed by atoms with Gasteiger partial charge in [0.1, 0.15) is 18.3 Å². The van der Waals surface area contributed by atoms with Gasteiger partial charge >= 0.3 is 5.97 Å². The Bertz CT molecular complexity index is 906. The summed E-state index contributed by atoms with van der Waals surface area (Å²) in [5.74, 6) is -3.24. The Hall–Kier alpha value is -2.64. The smallest absolute Gasteiger partial charge is 0.319 e. The van der Waals surface area contributed by atoms with Crippen LogP contribution in [0.4, 0.5) is 0 Å². The van der Waals surface area contributed by atoms with Crippen LogP contribution in [0.25, 0.3) is 0 Å². The van der Waals surface area contributed by atoms with E-state index in [1.807, 2.05) is 0 Å². The molecular formula is C17H14ClNO6. The zero-order valence-corrected chi connectivity index (χ0v) is 13.9. The van der Waals surface area contributed by atoms with Crippen molar-refractivity contribution in [1.29, 1.82) is 5.41 Å². The standard InChI is InChI=1S/C17H14ClNO6/c1-23-17(22)13-12(8-3-2-4-9(18)5-8)15-14(25-16(13)19)11(21)6-10(7-20)24-15/h2-6,12-13,19-20H,7H2,1H3. The largest absolute Gasteiger partial charge is 0.468 e. The third-order valence-electron chi connectivity index (χ3n) is 3.91. The molecule has 0 fully saturated rings. The Morgan fingerprint density at radius 1 is 1.40 bits per heavy atom. The maximum atomic E-state index is 12.2. The first-order valence-corrected chi connectivity index (χ1v) is 7.71. The molecule has 0 aliphatic carbocycles. The van der Waals surface area contributed by atoms with E-state index in [4.69, 9.17) is 30.9 Å². The minimum absolute atomic E-state index is 0.0245. The molecule has 130 valence electrons. The molecule has 2 aromatic rings. The first-order chi connectivity index (χ1) is 12.0. The van der Waals surface area contributed by atoms with Crippen LogP contribution in [0.2, 0.25) is 5.02 Å². The predicted molar refractivity (Wildman–Crippen MR) is 88.1 cm³/mol. The van der Waals surface area contributed by atoms with Crippen LogP contribution in [0.1, 0.15) is 23.0 Å². The lowest BCUT2D eigenvalue weighted by atomic mass is 9.81. The monoisotopic (exact) mass is 363 g/mol. The van der Waals surface area contributed by atoms with Crippen molar-refractivity contribution in [3.05, 3.63) is 62.7 Å². The highest BCUT2D eigenvalue weighted by atomic mass is 35.5. The van der Waals surface area contributed by atoms with Crippen molar-refractivity contribution in [1.82, 2.24) is 0 Å². The van der Waals surface area contributed by atoms with Gasteiger partial charge in [-0.15, -0.1) is 0 Å². The van der Waals surface area contributed by atoms with Gasteiger partial charge in [0.15, 0.2) is 5.76 Å². The van der Waals surface area contributed by atoms with Gasteiger partial charge in [0.2, 0.25) is 17.1 Å². The van der Waals surface area contributed by atoms with Crippen molar-refractivity contribution in [3.8, 4) is 5.75 Å². The molecule has 7 nitrogen and oxygen atoms in total. The molecule has 1 aliphatic heterocycles. The molecule has 0 spiro atoms. The number of carbonyl (C=O) groups excluding carboxylic acids is 1. The highest BCUT2D eigenvalue weighted by Gasteiger charge is 2.45. The van der Waals surface area contributed by atoms with Gasteiger partial charge in [0, 0.05) is 11.1 Å².